The molecule has 2 aliphatic heterocycles. The summed E-state index contributed by atoms with van der Waals surface area (Å²) in [6.07, 6.45) is 1.92. The van der Waals surface area contributed by atoms with Crippen molar-refractivity contribution in [3.8, 4) is 0 Å². The minimum absolute atomic E-state index is 0.0116. The number of hydrogen-bond donors (Lipinski definition) is 1. The zero-order valence-corrected chi connectivity index (χ0v) is 10.2. The molecule has 96 valence electrons. The average Bonchev–Trinajstić information content (AvgIpc) is 2.71. The fourth-order valence-electron chi connectivity index (χ4n) is 4.53. The van der Waals surface area contributed by atoms with E-state index in [9.17, 15) is 14.7 Å². The highest BCUT2D eigenvalue weighted by Gasteiger charge is 2.81. The molecule has 0 amide bonds. The normalized spacial score (nSPS) is 56.1. The number of fused-ring (bicyclic) bond motifs is 2. The zero-order chi connectivity index (χ0) is 12.9. The Bertz CT molecular complexity index is 519. The maximum atomic E-state index is 11.9. The summed E-state index contributed by atoms with van der Waals surface area (Å²) in [5.41, 5.74) is -1.40. The number of aliphatic hydroxyl groups is 1. The van der Waals surface area contributed by atoms with Gasteiger partial charge in [-0.05, 0) is 19.9 Å². The van der Waals surface area contributed by atoms with Gasteiger partial charge in [0.15, 0.2) is 5.60 Å². The highest BCUT2D eigenvalue weighted by atomic mass is 16.6. The Kier molecular flexibility index (Phi) is 1.55. The maximum Gasteiger partial charge on any atom is 0.334 e. The minimum atomic E-state index is -0.961. The maximum absolute atomic E-state index is 11.9. The summed E-state index contributed by atoms with van der Waals surface area (Å²) in [6, 6.07) is 0. The summed E-state index contributed by atoms with van der Waals surface area (Å²) in [5, 5.41) is 10.5. The molecule has 0 aromatic heterocycles. The molecule has 1 N–H and O–H groups in total. The van der Waals surface area contributed by atoms with E-state index in [-0.39, 0.29) is 23.9 Å². The molecule has 4 rings (SSSR count). The van der Waals surface area contributed by atoms with Gasteiger partial charge in [-0.2, -0.15) is 0 Å². The first-order valence-electron chi connectivity index (χ1n) is 6.22. The van der Waals surface area contributed by atoms with E-state index in [0.717, 1.165) is 0 Å². The summed E-state index contributed by atoms with van der Waals surface area (Å²) in [4.78, 5) is 23.5. The van der Waals surface area contributed by atoms with Crippen LogP contribution in [-0.2, 0) is 19.1 Å². The van der Waals surface area contributed by atoms with Crippen molar-refractivity contribution < 1.29 is 24.2 Å². The van der Waals surface area contributed by atoms with Crippen molar-refractivity contribution in [2.75, 3.05) is 0 Å². The third-order valence-electron chi connectivity index (χ3n) is 5.01. The molecule has 0 aromatic carbocycles. The molecular weight excluding hydrogens is 236 g/mol. The summed E-state index contributed by atoms with van der Waals surface area (Å²) < 4.78 is 10.8. The first-order valence-corrected chi connectivity index (χ1v) is 6.22. The van der Waals surface area contributed by atoms with Crippen molar-refractivity contribution in [3.05, 3.63) is 11.6 Å². The second-order valence-electron chi connectivity index (χ2n) is 6.14. The lowest BCUT2D eigenvalue weighted by Crippen LogP contribution is -2.66. The standard InChI is InChI=1S/C13H14O5/c1-5-3-13(18-10(5)14)8-7-6(17-11(8)15)4-12(2,16)9(7)13/h3,6-9,16H,4H2,1-2H3/t6-,7+,8+,9-,12-,13+/m0/s1. The van der Waals surface area contributed by atoms with Crippen LogP contribution in [-0.4, -0.2) is 34.4 Å². The van der Waals surface area contributed by atoms with Crippen molar-refractivity contribution in [1.82, 2.24) is 0 Å². The molecule has 6 atom stereocenters. The van der Waals surface area contributed by atoms with Gasteiger partial charge < -0.3 is 14.6 Å². The number of hydrogen-bond acceptors (Lipinski definition) is 5. The van der Waals surface area contributed by atoms with Gasteiger partial charge >= 0.3 is 11.9 Å². The Labute approximate surface area is 104 Å². The number of carbonyl (C=O) groups excluding carboxylic acids is 2. The van der Waals surface area contributed by atoms with Crippen LogP contribution in [0.4, 0.5) is 0 Å². The molecule has 2 heterocycles. The molecule has 2 aliphatic carbocycles. The van der Waals surface area contributed by atoms with E-state index >= 15 is 0 Å². The summed E-state index contributed by atoms with van der Waals surface area (Å²) in [7, 11) is 0. The van der Waals surface area contributed by atoms with Crippen LogP contribution in [0.25, 0.3) is 0 Å². The molecule has 0 bridgehead atoms. The predicted octanol–water partition coefficient (Wildman–Crippen LogP) is 0.171. The first-order chi connectivity index (χ1) is 8.37. The number of esters is 2. The van der Waals surface area contributed by atoms with Gasteiger partial charge in [-0.25, -0.2) is 4.79 Å². The van der Waals surface area contributed by atoms with Crippen molar-refractivity contribution in [3.63, 3.8) is 0 Å². The molecule has 18 heavy (non-hydrogen) atoms. The van der Waals surface area contributed by atoms with Gasteiger partial charge in [0.25, 0.3) is 0 Å². The lowest BCUT2D eigenvalue weighted by atomic mass is 9.52. The second-order valence-corrected chi connectivity index (χ2v) is 6.14. The van der Waals surface area contributed by atoms with Gasteiger partial charge in [-0.3, -0.25) is 4.79 Å². The summed E-state index contributed by atoms with van der Waals surface area (Å²) in [5.74, 6) is -1.36. The zero-order valence-electron chi connectivity index (χ0n) is 10.2. The largest absolute Gasteiger partial charge is 0.462 e. The van der Waals surface area contributed by atoms with Crippen LogP contribution < -0.4 is 0 Å². The molecule has 1 spiro atoms. The van der Waals surface area contributed by atoms with E-state index in [1.54, 1.807) is 19.9 Å². The van der Waals surface area contributed by atoms with Crippen LogP contribution in [0.5, 0.6) is 0 Å². The Morgan fingerprint density at radius 3 is 2.78 bits per heavy atom. The summed E-state index contributed by atoms with van der Waals surface area (Å²) in [6.45, 7) is 3.41. The molecule has 4 aliphatic rings. The van der Waals surface area contributed by atoms with Crippen LogP contribution in [0.15, 0.2) is 11.6 Å². The lowest BCUT2D eigenvalue weighted by molar-refractivity contribution is -0.212. The quantitative estimate of drug-likeness (QED) is 0.620. The van der Waals surface area contributed by atoms with Crippen molar-refractivity contribution in [1.29, 1.82) is 0 Å². The number of rotatable bonds is 0. The van der Waals surface area contributed by atoms with E-state index in [1.165, 1.54) is 0 Å². The van der Waals surface area contributed by atoms with E-state index in [4.69, 9.17) is 9.47 Å². The van der Waals surface area contributed by atoms with Crippen LogP contribution in [0.3, 0.4) is 0 Å². The fraction of sp³-hybridized carbons (Fsp3) is 0.692. The molecular formula is C13H14O5. The van der Waals surface area contributed by atoms with Gasteiger partial charge in [0.2, 0.25) is 0 Å². The Balaban J connectivity index is 1.86. The fourth-order valence-corrected chi connectivity index (χ4v) is 4.53. The molecule has 5 heteroatoms. The van der Waals surface area contributed by atoms with Crippen LogP contribution in [0, 0.1) is 17.8 Å². The molecule has 3 fully saturated rings. The van der Waals surface area contributed by atoms with E-state index in [0.29, 0.717) is 12.0 Å². The highest BCUT2D eigenvalue weighted by Crippen LogP contribution is 2.68. The Morgan fingerprint density at radius 1 is 1.44 bits per heavy atom. The number of ether oxygens (including phenoxy) is 2. The van der Waals surface area contributed by atoms with E-state index < -0.39 is 23.1 Å². The van der Waals surface area contributed by atoms with Crippen LogP contribution in [0.2, 0.25) is 0 Å². The van der Waals surface area contributed by atoms with Crippen molar-refractivity contribution >= 4 is 11.9 Å². The molecule has 0 aromatic rings. The van der Waals surface area contributed by atoms with Crippen molar-refractivity contribution in [2.24, 2.45) is 17.8 Å². The number of carbonyl (C=O) groups is 2. The highest BCUT2D eigenvalue weighted by molar-refractivity contribution is 5.93. The van der Waals surface area contributed by atoms with Crippen molar-refractivity contribution in [2.45, 2.75) is 37.6 Å². The Morgan fingerprint density at radius 2 is 2.17 bits per heavy atom. The van der Waals surface area contributed by atoms with Gasteiger partial charge in [0, 0.05) is 23.8 Å². The third kappa shape index (κ3) is 0.880. The smallest absolute Gasteiger partial charge is 0.334 e. The van der Waals surface area contributed by atoms with Crippen LogP contribution in [0.1, 0.15) is 20.3 Å². The van der Waals surface area contributed by atoms with Gasteiger partial charge in [-0.15, -0.1) is 0 Å². The van der Waals surface area contributed by atoms with Gasteiger partial charge in [0.1, 0.15) is 12.0 Å². The molecule has 5 nitrogen and oxygen atoms in total. The minimum Gasteiger partial charge on any atom is -0.462 e. The SMILES string of the molecule is CC1=C[C@]2(OC1=O)[C@H]1[C@@H]3[C@H](C[C@]1(C)O)OC(=O)[C@@H]32. The van der Waals surface area contributed by atoms with Crippen LogP contribution >= 0.6 is 0 Å². The molecule has 0 unspecified atom stereocenters. The van der Waals surface area contributed by atoms with E-state index in [1.807, 2.05) is 0 Å². The molecule has 1 saturated heterocycles. The Hall–Kier alpha value is -1.36. The van der Waals surface area contributed by atoms with Gasteiger partial charge in [0.05, 0.1) is 5.60 Å². The van der Waals surface area contributed by atoms with Gasteiger partial charge in [-0.1, -0.05) is 0 Å². The third-order valence-corrected chi connectivity index (χ3v) is 5.01. The topological polar surface area (TPSA) is 72.8 Å². The molecule has 0 radical (unpaired) electrons. The van der Waals surface area contributed by atoms with E-state index in [2.05, 4.69) is 0 Å². The second kappa shape index (κ2) is 2.64. The predicted molar refractivity (Wildman–Crippen MR) is 58.2 cm³/mol. The first kappa shape index (κ1) is 10.6. The summed E-state index contributed by atoms with van der Waals surface area (Å²) >= 11 is 0. The monoisotopic (exact) mass is 250 g/mol. The molecule has 2 saturated carbocycles. The lowest BCUT2D eigenvalue weighted by Gasteiger charge is -2.53. The average molecular weight is 250 g/mol.